The molecule has 0 fully saturated rings. The van der Waals surface area contributed by atoms with Gasteiger partial charge in [0.25, 0.3) is 0 Å². The predicted octanol–water partition coefficient (Wildman–Crippen LogP) is 2.35. The van der Waals surface area contributed by atoms with Crippen molar-refractivity contribution in [3.63, 3.8) is 0 Å². The van der Waals surface area contributed by atoms with Crippen LogP contribution >= 0.6 is 11.6 Å². The Balaban J connectivity index is 1.88. The van der Waals surface area contributed by atoms with E-state index >= 15 is 0 Å². The van der Waals surface area contributed by atoms with Crippen LogP contribution in [0, 0.1) is 6.92 Å². The summed E-state index contributed by atoms with van der Waals surface area (Å²) in [6, 6.07) is 9.46. The zero-order chi connectivity index (χ0) is 16.9. The van der Waals surface area contributed by atoms with E-state index in [1.807, 2.05) is 13.0 Å². The molecule has 1 heterocycles. The molecule has 6 nitrogen and oxygen atoms in total. The number of hydrogen-bond donors (Lipinski definition) is 2. The van der Waals surface area contributed by atoms with E-state index in [9.17, 15) is 13.2 Å². The molecule has 23 heavy (non-hydrogen) atoms. The Hall–Kier alpha value is -1.96. The molecule has 122 valence electrons. The summed E-state index contributed by atoms with van der Waals surface area (Å²) in [4.78, 5) is 15.9. The lowest BCUT2D eigenvalue weighted by Crippen LogP contribution is -2.28. The van der Waals surface area contributed by atoms with Crippen molar-refractivity contribution >= 4 is 33.3 Å². The first-order chi connectivity index (χ1) is 10.9. The van der Waals surface area contributed by atoms with Gasteiger partial charge in [-0.3, -0.25) is 4.79 Å². The lowest BCUT2D eigenvalue weighted by molar-refractivity contribution is -0.116. The maximum absolute atomic E-state index is 12.1. The van der Waals surface area contributed by atoms with Crippen LogP contribution < -0.4 is 10.0 Å². The summed E-state index contributed by atoms with van der Waals surface area (Å²) in [5.74, 6) is 0.115. The third-order valence-corrected chi connectivity index (χ3v) is 4.63. The van der Waals surface area contributed by atoms with Crippen molar-refractivity contribution in [3.8, 4) is 0 Å². The number of aryl methyl sites for hydroxylation is 1. The first-order valence-corrected chi connectivity index (χ1v) is 8.71. The molecule has 0 spiro atoms. The molecule has 2 aromatic rings. The summed E-state index contributed by atoms with van der Waals surface area (Å²) >= 11 is 5.78. The van der Waals surface area contributed by atoms with Gasteiger partial charge in [0.05, 0.1) is 4.90 Å². The molecule has 2 N–H and O–H groups in total. The van der Waals surface area contributed by atoms with E-state index in [0.717, 1.165) is 5.56 Å². The van der Waals surface area contributed by atoms with Crippen molar-refractivity contribution in [1.82, 2.24) is 9.71 Å². The second-order valence-corrected chi connectivity index (χ2v) is 7.08. The third kappa shape index (κ3) is 5.31. The van der Waals surface area contributed by atoms with Gasteiger partial charge in [0.2, 0.25) is 15.9 Å². The number of amides is 1. The van der Waals surface area contributed by atoms with Crippen LogP contribution in [0.3, 0.4) is 0 Å². The molecule has 8 heteroatoms. The maximum Gasteiger partial charge on any atom is 0.240 e. The second-order valence-electron chi connectivity index (χ2n) is 4.87. The monoisotopic (exact) mass is 353 g/mol. The van der Waals surface area contributed by atoms with E-state index < -0.39 is 10.0 Å². The summed E-state index contributed by atoms with van der Waals surface area (Å²) in [6.45, 7) is 1.86. The van der Waals surface area contributed by atoms with Gasteiger partial charge in [0.15, 0.2) is 0 Å². The van der Waals surface area contributed by atoms with Gasteiger partial charge in [-0.1, -0.05) is 17.7 Å². The molecule has 0 aliphatic rings. The Morgan fingerprint density at radius 3 is 2.74 bits per heavy atom. The number of halogens is 1. The minimum absolute atomic E-state index is 0.00455. The molecule has 0 bridgehead atoms. The summed E-state index contributed by atoms with van der Waals surface area (Å²) in [6.07, 6.45) is 1.59. The average molecular weight is 354 g/mol. The molecule has 0 radical (unpaired) electrons. The summed E-state index contributed by atoms with van der Waals surface area (Å²) < 4.78 is 26.5. The fourth-order valence-electron chi connectivity index (χ4n) is 1.83. The van der Waals surface area contributed by atoms with Gasteiger partial charge in [-0.05, 0) is 42.8 Å². The van der Waals surface area contributed by atoms with Crippen LogP contribution in [0.5, 0.6) is 0 Å². The summed E-state index contributed by atoms with van der Waals surface area (Å²) in [7, 11) is -3.69. The molecule has 0 aliphatic carbocycles. The molecule has 1 aromatic carbocycles. The highest BCUT2D eigenvalue weighted by atomic mass is 35.5. The van der Waals surface area contributed by atoms with Crippen LogP contribution in [0.25, 0.3) is 0 Å². The number of sulfonamides is 1. The van der Waals surface area contributed by atoms with Crippen LogP contribution in [0.15, 0.2) is 47.5 Å². The zero-order valence-corrected chi connectivity index (χ0v) is 14.0. The second kappa shape index (κ2) is 7.54. The van der Waals surface area contributed by atoms with Gasteiger partial charge in [-0.25, -0.2) is 18.1 Å². The molecular formula is C15H16ClN3O3S. The number of nitrogens with one attached hydrogen (secondary N) is 2. The normalized spacial score (nSPS) is 11.2. The van der Waals surface area contributed by atoms with Crippen molar-refractivity contribution in [3.05, 3.63) is 53.2 Å². The van der Waals surface area contributed by atoms with Crippen LogP contribution in [0.4, 0.5) is 5.82 Å². The lowest BCUT2D eigenvalue weighted by atomic mass is 10.3. The number of benzene rings is 1. The van der Waals surface area contributed by atoms with E-state index in [1.165, 1.54) is 12.1 Å². The van der Waals surface area contributed by atoms with E-state index in [4.69, 9.17) is 11.6 Å². The van der Waals surface area contributed by atoms with Gasteiger partial charge in [0.1, 0.15) is 5.82 Å². The highest BCUT2D eigenvalue weighted by Crippen LogP contribution is 2.15. The molecule has 2 rings (SSSR count). The van der Waals surface area contributed by atoms with Gasteiger partial charge in [0, 0.05) is 24.2 Å². The van der Waals surface area contributed by atoms with E-state index in [1.54, 1.807) is 24.4 Å². The van der Waals surface area contributed by atoms with Crippen LogP contribution in [-0.2, 0) is 14.8 Å². The molecule has 0 saturated carbocycles. The number of rotatable bonds is 6. The Bertz CT molecular complexity index is 809. The van der Waals surface area contributed by atoms with Gasteiger partial charge >= 0.3 is 0 Å². The van der Waals surface area contributed by atoms with Crippen LogP contribution in [-0.4, -0.2) is 25.9 Å². The average Bonchev–Trinajstić information content (AvgIpc) is 2.47. The standard InChI is InChI=1S/C15H16ClN3O3S/c1-11-5-7-17-14(9-11)19-15(20)6-8-18-23(21,22)13-4-2-3-12(16)10-13/h2-5,7,9-10,18H,6,8H2,1H3,(H,17,19,20). The van der Waals surface area contributed by atoms with Crippen LogP contribution in [0.1, 0.15) is 12.0 Å². The SMILES string of the molecule is Cc1ccnc(NC(=O)CCNS(=O)(=O)c2cccc(Cl)c2)c1. The molecule has 0 unspecified atom stereocenters. The predicted molar refractivity (Wildman–Crippen MR) is 88.9 cm³/mol. The molecule has 0 aliphatic heterocycles. The Morgan fingerprint density at radius 2 is 2.04 bits per heavy atom. The topological polar surface area (TPSA) is 88.2 Å². The number of carbonyl (C=O) groups excluding carboxylic acids is 1. The number of nitrogens with zero attached hydrogens (tertiary/aromatic N) is 1. The number of hydrogen-bond acceptors (Lipinski definition) is 4. The largest absolute Gasteiger partial charge is 0.311 e. The Labute approximate surface area is 139 Å². The quantitative estimate of drug-likeness (QED) is 0.834. The fraction of sp³-hybridized carbons (Fsp3) is 0.200. The highest BCUT2D eigenvalue weighted by molar-refractivity contribution is 7.89. The minimum Gasteiger partial charge on any atom is -0.311 e. The van der Waals surface area contributed by atoms with Crippen molar-refractivity contribution in [2.75, 3.05) is 11.9 Å². The first kappa shape index (κ1) is 17.4. The van der Waals surface area contributed by atoms with Crippen molar-refractivity contribution in [1.29, 1.82) is 0 Å². The van der Waals surface area contributed by atoms with Crippen molar-refractivity contribution in [2.45, 2.75) is 18.2 Å². The first-order valence-electron chi connectivity index (χ1n) is 6.84. The van der Waals surface area contributed by atoms with Gasteiger partial charge in [-0.2, -0.15) is 0 Å². The smallest absolute Gasteiger partial charge is 0.240 e. The van der Waals surface area contributed by atoms with E-state index in [0.29, 0.717) is 10.8 Å². The molecular weight excluding hydrogens is 338 g/mol. The minimum atomic E-state index is -3.69. The number of aromatic nitrogens is 1. The molecule has 1 amide bonds. The zero-order valence-electron chi connectivity index (χ0n) is 12.4. The van der Waals surface area contributed by atoms with Gasteiger partial charge in [-0.15, -0.1) is 0 Å². The molecule has 0 saturated heterocycles. The number of carbonyl (C=O) groups is 1. The maximum atomic E-state index is 12.1. The Kier molecular flexibility index (Phi) is 5.70. The van der Waals surface area contributed by atoms with E-state index in [-0.39, 0.29) is 23.8 Å². The molecule has 1 aromatic heterocycles. The van der Waals surface area contributed by atoms with Gasteiger partial charge < -0.3 is 5.32 Å². The summed E-state index contributed by atoms with van der Waals surface area (Å²) in [5.41, 5.74) is 0.969. The number of pyridine rings is 1. The van der Waals surface area contributed by atoms with E-state index in [2.05, 4.69) is 15.0 Å². The molecule has 0 atom stereocenters. The Morgan fingerprint density at radius 1 is 1.26 bits per heavy atom. The van der Waals surface area contributed by atoms with Crippen LogP contribution in [0.2, 0.25) is 5.02 Å². The summed E-state index contributed by atoms with van der Waals surface area (Å²) in [5, 5.41) is 2.94. The van der Waals surface area contributed by atoms with Crippen molar-refractivity contribution < 1.29 is 13.2 Å². The fourth-order valence-corrected chi connectivity index (χ4v) is 3.16. The van der Waals surface area contributed by atoms with Crippen molar-refractivity contribution in [2.24, 2.45) is 0 Å². The lowest BCUT2D eigenvalue weighted by Gasteiger charge is -2.08. The highest BCUT2D eigenvalue weighted by Gasteiger charge is 2.14. The third-order valence-electron chi connectivity index (χ3n) is 2.93. The number of anilines is 1.